The number of nitrogens with one attached hydrogen (secondary N) is 1. The maximum absolute atomic E-state index is 13.5. The first-order chi connectivity index (χ1) is 13.3. The van der Waals surface area contributed by atoms with Gasteiger partial charge in [0.2, 0.25) is 0 Å². The molecule has 0 saturated heterocycles. The third-order valence-electron chi connectivity index (χ3n) is 5.59. The largest absolute Gasteiger partial charge is 0.417 e. The summed E-state index contributed by atoms with van der Waals surface area (Å²) in [6.45, 7) is 0. The van der Waals surface area contributed by atoms with Gasteiger partial charge in [-0.05, 0) is 43.4 Å². The summed E-state index contributed by atoms with van der Waals surface area (Å²) >= 11 is 0. The monoisotopic (exact) mass is 386 g/mol. The molecular weight excluding hydrogens is 369 g/mol. The predicted octanol–water partition coefficient (Wildman–Crippen LogP) is 4.28. The summed E-state index contributed by atoms with van der Waals surface area (Å²) in [6, 6.07) is 5.06. The molecule has 1 aromatic carbocycles. The van der Waals surface area contributed by atoms with Gasteiger partial charge < -0.3 is 5.32 Å². The Hall–Kier alpha value is -2.88. The van der Waals surface area contributed by atoms with Crippen molar-refractivity contribution in [1.29, 1.82) is 5.26 Å². The first-order valence-electron chi connectivity index (χ1n) is 9.22. The second-order valence-corrected chi connectivity index (χ2v) is 7.31. The van der Waals surface area contributed by atoms with Crippen LogP contribution in [0.15, 0.2) is 40.7 Å². The number of hydrogen-bond donors (Lipinski definition) is 1. The van der Waals surface area contributed by atoms with E-state index in [-0.39, 0.29) is 17.1 Å². The van der Waals surface area contributed by atoms with Gasteiger partial charge in [-0.15, -0.1) is 0 Å². The molecule has 0 spiro atoms. The molecule has 1 N–H and O–H groups in total. The number of benzene rings is 1. The fourth-order valence-electron chi connectivity index (χ4n) is 4.39. The first kappa shape index (κ1) is 18.5. The fourth-order valence-corrected chi connectivity index (χ4v) is 4.39. The third kappa shape index (κ3) is 2.93. The molecule has 1 aromatic rings. The number of nitriles is 1. The van der Waals surface area contributed by atoms with E-state index in [1.165, 1.54) is 6.07 Å². The van der Waals surface area contributed by atoms with Crippen molar-refractivity contribution < 1.29 is 22.8 Å². The van der Waals surface area contributed by atoms with E-state index in [1.807, 2.05) is 0 Å². The van der Waals surface area contributed by atoms with Crippen LogP contribution in [0.25, 0.3) is 0 Å². The van der Waals surface area contributed by atoms with Crippen molar-refractivity contribution in [2.45, 2.75) is 50.6 Å². The van der Waals surface area contributed by atoms with E-state index in [1.54, 1.807) is 6.07 Å². The molecule has 144 valence electrons. The van der Waals surface area contributed by atoms with E-state index in [9.17, 15) is 22.8 Å². The molecule has 3 aliphatic rings. The summed E-state index contributed by atoms with van der Waals surface area (Å²) in [5.41, 5.74) is 0.954. The summed E-state index contributed by atoms with van der Waals surface area (Å²) in [4.78, 5) is 25.4. The van der Waals surface area contributed by atoms with Crippen molar-refractivity contribution >= 4 is 11.6 Å². The smallest absolute Gasteiger partial charge is 0.362 e. The molecule has 4 rings (SSSR count). The lowest BCUT2D eigenvalue weighted by Crippen LogP contribution is -2.36. The Morgan fingerprint density at radius 2 is 1.54 bits per heavy atom. The van der Waals surface area contributed by atoms with Crippen LogP contribution in [0.2, 0.25) is 0 Å². The van der Waals surface area contributed by atoms with Crippen LogP contribution >= 0.6 is 0 Å². The number of rotatable bonds is 1. The molecule has 0 atom stereocenters. The van der Waals surface area contributed by atoms with Gasteiger partial charge in [0.05, 0.1) is 17.2 Å². The lowest BCUT2D eigenvalue weighted by atomic mass is 9.71. The molecule has 0 radical (unpaired) electrons. The molecule has 1 heterocycles. The average molecular weight is 386 g/mol. The zero-order valence-electron chi connectivity index (χ0n) is 14.9. The normalized spacial score (nSPS) is 20.5. The maximum Gasteiger partial charge on any atom is 0.417 e. The number of alkyl halides is 3. The highest BCUT2D eigenvalue weighted by Crippen LogP contribution is 2.46. The Balaban J connectivity index is 1.94. The molecule has 2 aliphatic carbocycles. The molecule has 7 heteroatoms. The van der Waals surface area contributed by atoms with Crippen LogP contribution in [0.1, 0.15) is 61.1 Å². The van der Waals surface area contributed by atoms with Gasteiger partial charge in [0, 0.05) is 41.3 Å². The second kappa shape index (κ2) is 6.62. The van der Waals surface area contributed by atoms with Crippen LogP contribution in [0, 0.1) is 11.3 Å². The molecule has 0 saturated carbocycles. The van der Waals surface area contributed by atoms with Gasteiger partial charge in [0.15, 0.2) is 11.6 Å². The average Bonchev–Trinajstić information content (AvgIpc) is 2.66. The zero-order chi connectivity index (χ0) is 20.1. The molecule has 0 unspecified atom stereocenters. The van der Waals surface area contributed by atoms with Gasteiger partial charge in [-0.25, -0.2) is 0 Å². The van der Waals surface area contributed by atoms with E-state index in [0.717, 1.165) is 12.1 Å². The Morgan fingerprint density at radius 1 is 0.964 bits per heavy atom. The van der Waals surface area contributed by atoms with Crippen molar-refractivity contribution in [3.05, 3.63) is 57.4 Å². The van der Waals surface area contributed by atoms with Crippen molar-refractivity contribution in [2.75, 3.05) is 0 Å². The number of carbonyl (C=O) groups is 2. The highest BCUT2D eigenvalue weighted by Gasteiger charge is 2.41. The number of carbonyl (C=O) groups excluding carboxylic acids is 2. The molecule has 0 aromatic heterocycles. The van der Waals surface area contributed by atoms with Gasteiger partial charge in [-0.1, -0.05) is 6.07 Å². The van der Waals surface area contributed by atoms with E-state index < -0.39 is 23.2 Å². The van der Waals surface area contributed by atoms with Crippen molar-refractivity contribution in [2.24, 2.45) is 0 Å². The summed E-state index contributed by atoms with van der Waals surface area (Å²) in [5.74, 6) is -1.08. The van der Waals surface area contributed by atoms with Crippen LogP contribution in [0.5, 0.6) is 0 Å². The summed E-state index contributed by atoms with van der Waals surface area (Å²) in [7, 11) is 0. The van der Waals surface area contributed by atoms with Gasteiger partial charge in [0.25, 0.3) is 0 Å². The summed E-state index contributed by atoms with van der Waals surface area (Å²) in [5, 5.41) is 12.3. The highest BCUT2D eigenvalue weighted by atomic mass is 19.4. The number of hydrogen-bond acceptors (Lipinski definition) is 4. The molecular formula is C21H17F3N2O2. The van der Waals surface area contributed by atoms with E-state index >= 15 is 0 Å². The van der Waals surface area contributed by atoms with Gasteiger partial charge in [-0.2, -0.15) is 18.4 Å². The number of Topliss-reactive ketones (excluding diaryl/α,β-unsaturated/α-hetero) is 2. The molecule has 0 amide bonds. The van der Waals surface area contributed by atoms with E-state index in [0.29, 0.717) is 61.1 Å². The van der Waals surface area contributed by atoms with Crippen molar-refractivity contribution in [3.63, 3.8) is 0 Å². The van der Waals surface area contributed by atoms with Crippen LogP contribution in [-0.4, -0.2) is 11.6 Å². The number of halogens is 3. The minimum Gasteiger partial charge on any atom is -0.362 e. The van der Waals surface area contributed by atoms with Gasteiger partial charge in [0.1, 0.15) is 0 Å². The lowest BCUT2D eigenvalue weighted by molar-refractivity contribution is -0.137. The number of nitrogens with zero attached hydrogens (tertiary/aromatic N) is 1. The topological polar surface area (TPSA) is 70.0 Å². The molecule has 0 fully saturated rings. The maximum atomic E-state index is 13.5. The summed E-state index contributed by atoms with van der Waals surface area (Å²) < 4.78 is 40.4. The van der Waals surface area contributed by atoms with Gasteiger partial charge >= 0.3 is 6.18 Å². The van der Waals surface area contributed by atoms with Crippen molar-refractivity contribution in [3.8, 4) is 6.07 Å². The van der Waals surface area contributed by atoms with E-state index in [4.69, 9.17) is 5.26 Å². The minimum atomic E-state index is -4.70. The highest BCUT2D eigenvalue weighted by molar-refractivity contribution is 6.06. The third-order valence-corrected chi connectivity index (χ3v) is 5.59. The first-order valence-corrected chi connectivity index (χ1v) is 9.22. The number of dihydropyridines is 1. The van der Waals surface area contributed by atoms with E-state index in [2.05, 4.69) is 5.32 Å². The van der Waals surface area contributed by atoms with Crippen LogP contribution < -0.4 is 5.32 Å². The van der Waals surface area contributed by atoms with Crippen molar-refractivity contribution in [1.82, 2.24) is 5.32 Å². The lowest BCUT2D eigenvalue weighted by Gasteiger charge is -2.37. The molecule has 28 heavy (non-hydrogen) atoms. The quantitative estimate of drug-likeness (QED) is 0.782. The number of allylic oxidation sites excluding steroid dienone is 4. The Labute approximate surface area is 159 Å². The van der Waals surface area contributed by atoms with Crippen LogP contribution in [0.3, 0.4) is 0 Å². The Bertz CT molecular complexity index is 954. The minimum absolute atomic E-state index is 0.137. The second-order valence-electron chi connectivity index (χ2n) is 7.31. The zero-order valence-corrected chi connectivity index (χ0v) is 14.9. The SMILES string of the molecule is N#Cc1ccc(C2C3=C(CCCC3=O)NC3=C2C(=O)CCC3)cc1C(F)(F)F. The summed E-state index contributed by atoms with van der Waals surface area (Å²) in [6.07, 6.45) is -1.46. The standard InChI is InChI=1S/C21H17F3N2O2/c22-21(23,24)13-9-11(7-8-12(13)10-25)18-19-14(3-1-5-16(19)27)26-15-4-2-6-17(28)20(15)18/h7-9,18,26H,1-6H2. The van der Waals surface area contributed by atoms with Crippen LogP contribution in [0.4, 0.5) is 13.2 Å². The fraction of sp³-hybridized carbons (Fsp3) is 0.381. The van der Waals surface area contributed by atoms with Crippen LogP contribution in [-0.2, 0) is 15.8 Å². The Kier molecular flexibility index (Phi) is 4.37. The molecule has 1 aliphatic heterocycles. The number of ketones is 2. The predicted molar refractivity (Wildman–Crippen MR) is 93.8 cm³/mol. The van der Waals surface area contributed by atoms with Gasteiger partial charge in [-0.3, -0.25) is 9.59 Å². The molecule has 4 nitrogen and oxygen atoms in total. The molecule has 0 bridgehead atoms. The Morgan fingerprint density at radius 3 is 2.04 bits per heavy atom.